The third-order valence-corrected chi connectivity index (χ3v) is 5.83. The number of thiazole rings is 1. The second kappa shape index (κ2) is 8.29. The lowest BCUT2D eigenvalue weighted by molar-refractivity contribution is 0.0384. The van der Waals surface area contributed by atoms with Crippen LogP contribution in [0, 0.1) is 0 Å². The minimum Gasteiger partial charge on any atom is -0.379 e. The van der Waals surface area contributed by atoms with Crippen LogP contribution in [0.4, 0.5) is 5.69 Å². The van der Waals surface area contributed by atoms with Gasteiger partial charge in [0.05, 0.1) is 24.4 Å². The molecule has 0 radical (unpaired) electrons. The van der Waals surface area contributed by atoms with Crippen molar-refractivity contribution in [1.82, 2.24) is 9.88 Å². The second-order valence-electron chi connectivity index (χ2n) is 7.63. The third kappa shape index (κ3) is 5.13. The van der Waals surface area contributed by atoms with Crippen molar-refractivity contribution >= 4 is 22.9 Å². The lowest BCUT2D eigenvalue weighted by Crippen LogP contribution is -2.37. The number of rotatable bonds is 5. The third-order valence-electron chi connectivity index (χ3n) is 4.40. The topological polar surface area (TPSA) is 54.5 Å². The molecular weight excluding hydrogens is 346 g/mol. The molecule has 1 aliphatic heterocycles. The molecule has 1 saturated heterocycles. The van der Waals surface area contributed by atoms with Gasteiger partial charge in [-0.1, -0.05) is 32.9 Å². The predicted octanol–water partition coefficient (Wildman–Crippen LogP) is 3.57. The first kappa shape index (κ1) is 19.0. The molecule has 2 aromatic rings. The van der Waals surface area contributed by atoms with Gasteiger partial charge in [-0.3, -0.25) is 9.69 Å². The summed E-state index contributed by atoms with van der Waals surface area (Å²) in [7, 11) is 0. The molecule has 1 aromatic heterocycles. The number of morpholine rings is 1. The Morgan fingerprint density at radius 2 is 1.92 bits per heavy atom. The Labute approximate surface area is 159 Å². The Morgan fingerprint density at radius 1 is 1.23 bits per heavy atom. The Bertz CT molecular complexity index is 728. The van der Waals surface area contributed by atoms with E-state index >= 15 is 0 Å². The Hall–Kier alpha value is -1.76. The number of benzene rings is 1. The van der Waals surface area contributed by atoms with Gasteiger partial charge in [-0.15, -0.1) is 11.3 Å². The molecule has 5 nitrogen and oxygen atoms in total. The maximum atomic E-state index is 12.4. The van der Waals surface area contributed by atoms with Crippen LogP contribution in [0.5, 0.6) is 0 Å². The van der Waals surface area contributed by atoms with Crippen LogP contribution < -0.4 is 5.32 Å². The summed E-state index contributed by atoms with van der Waals surface area (Å²) in [5.41, 5.74) is 2.06. The SMILES string of the molecule is CC(C)(C)c1ncc(C(=O)Nc2ccc(CCN3CCOCC3)cc2)s1. The van der Waals surface area contributed by atoms with Crippen LogP contribution in [0.25, 0.3) is 0 Å². The number of hydrogen-bond donors (Lipinski definition) is 1. The largest absolute Gasteiger partial charge is 0.379 e. The van der Waals surface area contributed by atoms with Crippen molar-refractivity contribution in [1.29, 1.82) is 0 Å². The van der Waals surface area contributed by atoms with Gasteiger partial charge in [0, 0.05) is 30.7 Å². The van der Waals surface area contributed by atoms with Gasteiger partial charge < -0.3 is 10.1 Å². The van der Waals surface area contributed by atoms with E-state index < -0.39 is 0 Å². The number of hydrogen-bond acceptors (Lipinski definition) is 5. The van der Waals surface area contributed by atoms with Crippen LogP contribution >= 0.6 is 11.3 Å². The summed E-state index contributed by atoms with van der Waals surface area (Å²) in [6.07, 6.45) is 2.68. The number of nitrogens with zero attached hydrogens (tertiary/aromatic N) is 2. The van der Waals surface area contributed by atoms with Gasteiger partial charge in [0.1, 0.15) is 4.88 Å². The molecule has 1 aromatic carbocycles. The van der Waals surface area contributed by atoms with E-state index in [4.69, 9.17) is 4.74 Å². The van der Waals surface area contributed by atoms with E-state index in [1.807, 2.05) is 12.1 Å². The van der Waals surface area contributed by atoms with Crippen LogP contribution in [-0.4, -0.2) is 48.6 Å². The molecule has 0 unspecified atom stereocenters. The minimum absolute atomic E-state index is 0.0364. The zero-order valence-electron chi connectivity index (χ0n) is 15.7. The van der Waals surface area contributed by atoms with Gasteiger partial charge >= 0.3 is 0 Å². The molecule has 6 heteroatoms. The van der Waals surface area contributed by atoms with E-state index in [0.29, 0.717) is 4.88 Å². The maximum Gasteiger partial charge on any atom is 0.267 e. The highest BCUT2D eigenvalue weighted by Crippen LogP contribution is 2.27. The van der Waals surface area contributed by atoms with Crippen LogP contribution in [0.2, 0.25) is 0 Å². The molecule has 26 heavy (non-hydrogen) atoms. The number of nitrogens with one attached hydrogen (secondary N) is 1. The zero-order chi connectivity index (χ0) is 18.6. The first-order chi connectivity index (χ1) is 12.4. The van der Waals surface area contributed by atoms with Gasteiger partial charge in [0.25, 0.3) is 5.91 Å². The molecule has 1 N–H and O–H groups in total. The molecule has 0 bridgehead atoms. The Kier molecular flexibility index (Phi) is 6.06. The van der Waals surface area contributed by atoms with Gasteiger partial charge in [-0.05, 0) is 24.1 Å². The Morgan fingerprint density at radius 3 is 2.54 bits per heavy atom. The van der Waals surface area contributed by atoms with Crippen molar-refractivity contribution < 1.29 is 9.53 Å². The van der Waals surface area contributed by atoms with Gasteiger partial charge in [-0.2, -0.15) is 0 Å². The summed E-state index contributed by atoms with van der Waals surface area (Å²) < 4.78 is 5.38. The summed E-state index contributed by atoms with van der Waals surface area (Å²) >= 11 is 1.46. The molecule has 3 rings (SSSR count). The van der Waals surface area contributed by atoms with E-state index in [2.05, 4.69) is 48.1 Å². The van der Waals surface area contributed by atoms with Crippen molar-refractivity contribution in [2.45, 2.75) is 32.6 Å². The van der Waals surface area contributed by atoms with E-state index in [0.717, 1.165) is 50.0 Å². The fourth-order valence-corrected chi connectivity index (χ4v) is 3.65. The number of anilines is 1. The normalized spacial score (nSPS) is 15.8. The maximum absolute atomic E-state index is 12.4. The molecule has 1 fully saturated rings. The van der Waals surface area contributed by atoms with Crippen LogP contribution in [0.3, 0.4) is 0 Å². The lowest BCUT2D eigenvalue weighted by atomic mass is 9.98. The molecule has 140 valence electrons. The first-order valence-electron chi connectivity index (χ1n) is 9.08. The average Bonchev–Trinajstić information content (AvgIpc) is 3.13. The van der Waals surface area contributed by atoms with E-state index in [1.165, 1.54) is 16.9 Å². The highest BCUT2D eigenvalue weighted by atomic mass is 32.1. The minimum atomic E-state index is -0.0981. The molecule has 1 amide bonds. The van der Waals surface area contributed by atoms with Crippen molar-refractivity contribution in [2.75, 3.05) is 38.2 Å². The van der Waals surface area contributed by atoms with Gasteiger partial charge in [0.15, 0.2) is 0 Å². The number of carbonyl (C=O) groups excluding carboxylic acids is 1. The number of amides is 1. The zero-order valence-corrected chi connectivity index (χ0v) is 16.6. The fraction of sp³-hybridized carbons (Fsp3) is 0.500. The molecule has 2 heterocycles. The van der Waals surface area contributed by atoms with Crippen molar-refractivity contribution in [3.8, 4) is 0 Å². The predicted molar refractivity (Wildman–Crippen MR) is 106 cm³/mol. The number of ether oxygens (including phenoxy) is 1. The van der Waals surface area contributed by atoms with E-state index in [1.54, 1.807) is 6.20 Å². The van der Waals surface area contributed by atoms with Crippen molar-refractivity contribution in [3.05, 3.63) is 45.9 Å². The average molecular weight is 374 g/mol. The van der Waals surface area contributed by atoms with Gasteiger partial charge in [-0.25, -0.2) is 4.98 Å². The molecule has 0 atom stereocenters. The summed E-state index contributed by atoms with van der Waals surface area (Å²) in [5, 5.41) is 3.93. The smallest absolute Gasteiger partial charge is 0.267 e. The lowest BCUT2D eigenvalue weighted by Gasteiger charge is -2.26. The fourth-order valence-electron chi connectivity index (χ4n) is 2.79. The van der Waals surface area contributed by atoms with Crippen LogP contribution in [-0.2, 0) is 16.6 Å². The first-order valence-corrected chi connectivity index (χ1v) is 9.90. The molecule has 0 aliphatic carbocycles. The second-order valence-corrected chi connectivity index (χ2v) is 8.67. The quantitative estimate of drug-likeness (QED) is 0.871. The van der Waals surface area contributed by atoms with Crippen LogP contribution in [0.1, 0.15) is 41.0 Å². The highest BCUT2D eigenvalue weighted by molar-refractivity contribution is 7.13. The number of aromatic nitrogens is 1. The molecular formula is C20H27N3O2S. The van der Waals surface area contributed by atoms with Crippen LogP contribution in [0.15, 0.2) is 30.5 Å². The summed E-state index contributed by atoms with van der Waals surface area (Å²) in [6.45, 7) is 11.0. The van der Waals surface area contributed by atoms with Gasteiger partial charge in [0.2, 0.25) is 0 Å². The molecule has 0 spiro atoms. The van der Waals surface area contributed by atoms with Crippen molar-refractivity contribution in [3.63, 3.8) is 0 Å². The molecule has 1 aliphatic rings. The Balaban J connectivity index is 1.53. The molecule has 0 saturated carbocycles. The monoisotopic (exact) mass is 373 g/mol. The number of carbonyl (C=O) groups is 1. The summed E-state index contributed by atoms with van der Waals surface area (Å²) in [6, 6.07) is 8.11. The standard InChI is InChI=1S/C20H27N3O2S/c1-20(2,3)19-21-14-17(26-19)18(24)22-16-6-4-15(5-7-16)8-9-23-10-12-25-13-11-23/h4-7,14H,8-13H2,1-3H3,(H,22,24). The van der Waals surface area contributed by atoms with E-state index in [9.17, 15) is 4.79 Å². The highest BCUT2D eigenvalue weighted by Gasteiger charge is 2.20. The van der Waals surface area contributed by atoms with E-state index in [-0.39, 0.29) is 11.3 Å². The summed E-state index contributed by atoms with van der Waals surface area (Å²) in [4.78, 5) is 19.9. The van der Waals surface area contributed by atoms with Crippen molar-refractivity contribution in [2.24, 2.45) is 0 Å². The summed E-state index contributed by atoms with van der Waals surface area (Å²) in [5.74, 6) is -0.0981.